The molecule has 1 N–H and O–H groups in total. The zero-order valence-corrected chi connectivity index (χ0v) is 14.4. The van der Waals surface area contributed by atoms with Gasteiger partial charge in [0.15, 0.2) is 0 Å². The van der Waals surface area contributed by atoms with Gasteiger partial charge in [0.25, 0.3) is 0 Å². The predicted octanol–water partition coefficient (Wildman–Crippen LogP) is 3.22. The van der Waals surface area contributed by atoms with Crippen molar-refractivity contribution in [2.75, 3.05) is 26.2 Å². The summed E-state index contributed by atoms with van der Waals surface area (Å²) < 4.78 is 7.13. The summed E-state index contributed by atoms with van der Waals surface area (Å²) in [5.41, 5.74) is 1.32. The van der Waals surface area contributed by atoms with Crippen LogP contribution in [0.15, 0.2) is 22.7 Å². The quantitative estimate of drug-likeness (QED) is 0.880. The van der Waals surface area contributed by atoms with Crippen LogP contribution >= 0.6 is 15.9 Å². The molecular weight excluding hydrogens is 328 g/mol. The summed E-state index contributed by atoms with van der Waals surface area (Å²) in [4.78, 5) is 2.61. The molecule has 4 heteroatoms. The van der Waals surface area contributed by atoms with Crippen molar-refractivity contribution in [1.82, 2.24) is 10.2 Å². The Morgan fingerprint density at radius 2 is 2.14 bits per heavy atom. The van der Waals surface area contributed by atoms with Crippen molar-refractivity contribution in [3.63, 3.8) is 0 Å². The Morgan fingerprint density at radius 1 is 1.33 bits per heavy atom. The summed E-state index contributed by atoms with van der Waals surface area (Å²) in [5.74, 6) is 1.05. The van der Waals surface area contributed by atoms with E-state index in [0.717, 1.165) is 29.7 Å². The number of rotatable bonds is 5. The number of piperidine rings is 1. The Hall–Kier alpha value is -0.580. The molecule has 2 atom stereocenters. The molecule has 1 aromatic rings. The van der Waals surface area contributed by atoms with Crippen molar-refractivity contribution < 1.29 is 4.74 Å². The number of likely N-dealkylation sites (tertiary alicyclic amines) is 1. The summed E-state index contributed by atoms with van der Waals surface area (Å²) in [6.45, 7) is 6.86. The van der Waals surface area contributed by atoms with E-state index < -0.39 is 0 Å². The van der Waals surface area contributed by atoms with Crippen LogP contribution in [0, 0.1) is 0 Å². The summed E-state index contributed by atoms with van der Waals surface area (Å²) in [6, 6.07) is 6.91. The Morgan fingerprint density at radius 3 is 2.95 bits per heavy atom. The average Bonchev–Trinajstić information content (AvgIpc) is 2.89. The molecule has 2 unspecified atom stereocenters. The summed E-state index contributed by atoms with van der Waals surface area (Å²) in [5, 5.41) is 3.60. The highest BCUT2D eigenvalue weighted by Gasteiger charge is 2.23. The van der Waals surface area contributed by atoms with Crippen LogP contribution in [0.1, 0.15) is 31.7 Å². The first-order valence-electron chi connectivity index (χ1n) is 8.12. The number of nitrogens with zero attached hydrogens (tertiary/aromatic N) is 1. The Balaban J connectivity index is 1.40. The van der Waals surface area contributed by atoms with Crippen molar-refractivity contribution in [2.24, 2.45) is 0 Å². The van der Waals surface area contributed by atoms with Gasteiger partial charge in [0.2, 0.25) is 0 Å². The average molecular weight is 353 g/mol. The van der Waals surface area contributed by atoms with E-state index in [1.165, 1.54) is 37.9 Å². The van der Waals surface area contributed by atoms with Crippen LogP contribution in [0.4, 0.5) is 0 Å². The molecule has 21 heavy (non-hydrogen) atoms. The van der Waals surface area contributed by atoms with E-state index in [4.69, 9.17) is 4.74 Å². The Bertz CT molecular complexity index is 474. The van der Waals surface area contributed by atoms with Crippen molar-refractivity contribution in [1.29, 1.82) is 0 Å². The SMILES string of the molecule is CC(CNCC1Cc2cc(Br)ccc2O1)N1CCCCC1. The second kappa shape index (κ2) is 7.12. The third-order valence-electron chi connectivity index (χ3n) is 4.59. The van der Waals surface area contributed by atoms with Crippen LogP contribution in [0.3, 0.4) is 0 Å². The lowest BCUT2D eigenvalue weighted by Gasteiger charge is -2.32. The largest absolute Gasteiger partial charge is 0.488 e. The van der Waals surface area contributed by atoms with Gasteiger partial charge in [-0.15, -0.1) is 0 Å². The van der Waals surface area contributed by atoms with Gasteiger partial charge in [-0.25, -0.2) is 0 Å². The minimum Gasteiger partial charge on any atom is -0.488 e. The van der Waals surface area contributed by atoms with E-state index in [1.54, 1.807) is 0 Å². The summed E-state index contributed by atoms with van der Waals surface area (Å²) >= 11 is 3.52. The lowest BCUT2D eigenvalue weighted by atomic mass is 10.1. The minimum absolute atomic E-state index is 0.280. The molecular formula is C17H25BrN2O. The lowest BCUT2D eigenvalue weighted by Crippen LogP contribution is -2.44. The number of nitrogens with one attached hydrogen (secondary N) is 1. The molecule has 2 aliphatic heterocycles. The molecule has 3 nitrogen and oxygen atoms in total. The first-order valence-corrected chi connectivity index (χ1v) is 8.91. The zero-order chi connectivity index (χ0) is 14.7. The van der Waals surface area contributed by atoms with Crippen LogP contribution in [-0.4, -0.2) is 43.2 Å². The predicted molar refractivity (Wildman–Crippen MR) is 90.0 cm³/mol. The van der Waals surface area contributed by atoms with Gasteiger partial charge >= 0.3 is 0 Å². The zero-order valence-electron chi connectivity index (χ0n) is 12.8. The molecule has 1 fully saturated rings. The number of fused-ring (bicyclic) bond motifs is 1. The molecule has 3 rings (SSSR count). The Kier molecular flexibility index (Phi) is 5.19. The fraction of sp³-hybridized carbons (Fsp3) is 0.647. The second-order valence-electron chi connectivity index (χ2n) is 6.30. The number of hydrogen-bond donors (Lipinski definition) is 1. The number of ether oxygens (including phenoxy) is 1. The van der Waals surface area contributed by atoms with Gasteiger partial charge in [0, 0.05) is 30.0 Å². The van der Waals surface area contributed by atoms with Gasteiger partial charge in [-0.05, 0) is 56.6 Å². The van der Waals surface area contributed by atoms with Gasteiger partial charge in [0.1, 0.15) is 11.9 Å². The van der Waals surface area contributed by atoms with E-state index >= 15 is 0 Å². The van der Waals surface area contributed by atoms with E-state index in [0.29, 0.717) is 6.04 Å². The van der Waals surface area contributed by atoms with Crippen molar-refractivity contribution in [2.45, 2.75) is 44.8 Å². The standard InChI is InChI=1S/C17H25BrN2O/c1-13(20-7-3-2-4-8-20)11-19-12-16-10-14-9-15(18)5-6-17(14)21-16/h5-6,9,13,16,19H,2-4,7-8,10-12H2,1H3. The van der Waals surface area contributed by atoms with E-state index in [1.807, 2.05) is 6.07 Å². The molecule has 1 saturated heterocycles. The smallest absolute Gasteiger partial charge is 0.123 e. The fourth-order valence-corrected chi connectivity index (χ4v) is 3.75. The third kappa shape index (κ3) is 3.99. The molecule has 1 aromatic carbocycles. The normalized spacial score (nSPS) is 23.6. The number of halogens is 1. The molecule has 0 radical (unpaired) electrons. The summed E-state index contributed by atoms with van der Waals surface area (Å²) in [6.07, 6.45) is 5.42. The van der Waals surface area contributed by atoms with Crippen molar-refractivity contribution in [3.05, 3.63) is 28.2 Å². The maximum Gasteiger partial charge on any atom is 0.123 e. The molecule has 0 saturated carbocycles. The molecule has 116 valence electrons. The van der Waals surface area contributed by atoms with Gasteiger partial charge in [-0.3, -0.25) is 4.90 Å². The van der Waals surface area contributed by atoms with Crippen molar-refractivity contribution >= 4 is 15.9 Å². The molecule has 2 aliphatic rings. The van der Waals surface area contributed by atoms with Gasteiger partial charge in [-0.2, -0.15) is 0 Å². The highest BCUT2D eigenvalue weighted by molar-refractivity contribution is 9.10. The van der Waals surface area contributed by atoms with E-state index in [2.05, 4.69) is 45.2 Å². The monoisotopic (exact) mass is 352 g/mol. The maximum atomic E-state index is 5.99. The molecule has 0 amide bonds. The van der Waals surface area contributed by atoms with Crippen molar-refractivity contribution in [3.8, 4) is 5.75 Å². The van der Waals surface area contributed by atoms with Crippen LogP contribution < -0.4 is 10.1 Å². The highest BCUT2D eigenvalue weighted by atomic mass is 79.9. The highest BCUT2D eigenvalue weighted by Crippen LogP contribution is 2.30. The van der Waals surface area contributed by atoms with Crippen LogP contribution in [0.5, 0.6) is 5.75 Å². The molecule has 0 bridgehead atoms. The van der Waals surface area contributed by atoms with Gasteiger partial charge in [-0.1, -0.05) is 22.4 Å². The Labute approximate surface area is 136 Å². The van der Waals surface area contributed by atoms with Crippen LogP contribution in [-0.2, 0) is 6.42 Å². The maximum absolute atomic E-state index is 5.99. The minimum atomic E-state index is 0.280. The summed E-state index contributed by atoms with van der Waals surface area (Å²) in [7, 11) is 0. The first-order chi connectivity index (χ1) is 10.2. The molecule has 0 aliphatic carbocycles. The molecule has 0 spiro atoms. The first kappa shape index (κ1) is 15.3. The molecule has 0 aromatic heterocycles. The van der Waals surface area contributed by atoms with Gasteiger partial charge in [0.05, 0.1) is 0 Å². The van der Waals surface area contributed by atoms with E-state index in [-0.39, 0.29) is 6.10 Å². The van der Waals surface area contributed by atoms with Crippen LogP contribution in [0.25, 0.3) is 0 Å². The third-order valence-corrected chi connectivity index (χ3v) is 5.08. The topological polar surface area (TPSA) is 24.5 Å². The fourth-order valence-electron chi connectivity index (χ4n) is 3.34. The van der Waals surface area contributed by atoms with E-state index in [9.17, 15) is 0 Å². The van der Waals surface area contributed by atoms with Gasteiger partial charge < -0.3 is 10.1 Å². The lowest BCUT2D eigenvalue weighted by molar-refractivity contribution is 0.164. The second-order valence-corrected chi connectivity index (χ2v) is 7.22. The number of benzene rings is 1. The van der Waals surface area contributed by atoms with Crippen LogP contribution in [0.2, 0.25) is 0 Å². The number of hydrogen-bond acceptors (Lipinski definition) is 3. The molecule has 2 heterocycles.